The Bertz CT molecular complexity index is 461. The average Bonchev–Trinajstić information content (AvgIpc) is 2.82. The Kier molecular flexibility index (Phi) is 1.91. The summed E-state index contributed by atoms with van der Waals surface area (Å²) in [4.78, 5) is 3.98. The monoisotopic (exact) mass is 200 g/mol. The first-order chi connectivity index (χ1) is 7.45. The molecular weight excluding hydrogens is 188 g/mol. The normalized spacial score (nSPS) is 14.4. The maximum Gasteiger partial charge on any atom is 0.138 e. The summed E-state index contributed by atoms with van der Waals surface area (Å²) in [7, 11) is 0. The van der Waals surface area contributed by atoms with Gasteiger partial charge in [0.05, 0.1) is 5.69 Å². The summed E-state index contributed by atoms with van der Waals surface area (Å²) >= 11 is 0. The molecule has 2 heterocycles. The topological polar surface area (TPSA) is 42.7 Å². The number of rotatable bonds is 1. The van der Waals surface area contributed by atoms with E-state index in [-0.39, 0.29) is 0 Å². The van der Waals surface area contributed by atoms with Gasteiger partial charge in [0.25, 0.3) is 0 Å². The molecule has 0 unspecified atom stereocenters. The van der Waals surface area contributed by atoms with Crippen molar-refractivity contribution >= 4 is 5.69 Å². The molecule has 0 amide bonds. The highest BCUT2D eigenvalue weighted by Gasteiger charge is 2.13. The van der Waals surface area contributed by atoms with Crippen molar-refractivity contribution in [2.24, 2.45) is 0 Å². The molecule has 0 spiro atoms. The van der Waals surface area contributed by atoms with Gasteiger partial charge in [-0.15, -0.1) is 0 Å². The number of fused-ring (bicyclic) bond motifs is 1. The van der Waals surface area contributed by atoms with Crippen molar-refractivity contribution in [1.82, 2.24) is 14.8 Å². The average molecular weight is 200 g/mol. The summed E-state index contributed by atoms with van der Waals surface area (Å²) in [5.74, 6) is 0. The highest BCUT2D eigenvalue weighted by molar-refractivity contribution is 5.61. The summed E-state index contributed by atoms with van der Waals surface area (Å²) < 4.78 is 1.83. The van der Waals surface area contributed by atoms with E-state index >= 15 is 0 Å². The van der Waals surface area contributed by atoms with Gasteiger partial charge in [-0.2, -0.15) is 5.10 Å². The summed E-state index contributed by atoms with van der Waals surface area (Å²) in [5.41, 5.74) is 3.71. The van der Waals surface area contributed by atoms with Gasteiger partial charge >= 0.3 is 0 Å². The molecule has 15 heavy (non-hydrogen) atoms. The molecule has 0 saturated heterocycles. The first-order valence-electron chi connectivity index (χ1n) is 5.16. The van der Waals surface area contributed by atoms with Crippen molar-refractivity contribution < 1.29 is 0 Å². The molecule has 76 valence electrons. The van der Waals surface area contributed by atoms with Crippen LogP contribution in [-0.2, 0) is 6.42 Å². The first kappa shape index (κ1) is 8.47. The molecule has 0 aliphatic carbocycles. The Morgan fingerprint density at radius 3 is 3.20 bits per heavy atom. The second-order valence-corrected chi connectivity index (χ2v) is 3.67. The molecule has 1 N–H and O–H groups in total. The third kappa shape index (κ3) is 1.38. The molecule has 0 atom stereocenters. The van der Waals surface area contributed by atoms with Crippen molar-refractivity contribution in [3.05, 3.63) is 36.4 Å². The minimum atomic E-state index is 1.06. The van der Waals surface area contributed by atoms with Crippen LogP contribution < -0.4 is 5.32 Å². The molecule has 4 heteroatoms. The second kappa shape index (κ2) is 3.38. The van der Waals surface area contributed by atoms with E-state index in [4.69, 9.17) is 0 Å². The number of hydrogen-bond donors (Lipinski definition) is 1. The predicted octanol–water partition coefficient (Wildman–Crippen LogP) is 1.63. The van der Waals surface area contributed by atoms with Crippen molar-refractivity contribution in [1.29, 1.82) is 0 Å². The number of hydrogen-bond acceptors (Lipinski definition) is 3. The highest BCUT2D eigenvalue weighted by atomic mass is 15.3. The van der Waals surface area contributed by atoms with E-state index < -0.39 is 0 Å². The van der Waals surface area contributed by atoms with Crippen molar-refractivity contribution in [2.75, 3.05) is 11.9 Å². The van der Waals surface area contributed by atoms with Gasteiger partial charge in [-0.3, -0.25) is 0 Å². The number of nitrogens with one attached hydrogen (secondary N) is 1. The van der Waals surface area contributed by atoms with Gasteiger partial charge < -0.3 is 5.32 Å². The molecular formula is C11H12N4. The lowest BCUT2D eigenvalue weighted by Gasteiger charge is -2.20. The molecule has 0 saturated carbocycles. The lowest BCUT2D eigenvalue weighted by molar-refractivity contribution is 0.796. The van der Waals surface area contributed by atoms with E-state index in [1.807, 2.05) is 10.7 Å². The van der Waals surface area contributed by atoms with Crippen molar-refractivity contribution in [3.8, 4) is 5.69 Å². The van der Waals surface area contributed by atoms with Crippen LogP contribution in [0.3, 0.4) is 0 Å². The Morgan fingerprint density at radius 1 is 1.33 bits per heavy atom. The Balaban J connectivity index is 2.15. The van der Waals surface area contributed by atoms with Gasteiger partial charge in [0.15, 0.2) is 0 Å². The SMILES string of the molecule is c1cc2c(c(-n3cncn3)c1)CCCN2. The smallest absolute Gasteiger partial charge is 0.138 e. The Morgan fingerprint density at radius 2 is 2.33 bits per heavy atom. The van der Waals surface area contributed by atoms with E-state index in [9.17, 15) is 0 Å². The molecule has 1 aliphatic heterocycles. The third-order valence-corrected chi connectivity index (χ3v) is 2.74. The van der Waals surface area contributed by atoms with Crippen LogP contribution in [0, 0.1) is 0 Å². The van der Waals surface area contributed by atoms with E-state index in [2.05, 4.69) is 27.5 Å². The standard InChI is InChI=1S/C11H12N4/c1-4-10-9(3-2-6-13-10)11(5-1)15-8-12-7-14-15/h1,4-5,7-8,13H,2-3,6H2. The van der Waals surface area contributed by atoms with E-state index in [1.54, 1.807) is 12.7 Å². The van der Waals surface area contributed by atoms with E-state index in [1.165, 1.54) is 17.7 Å². The highest BCUT2D eigenvalue weighted by Crippen LogP contribution is 2.26. The predicted molar refractivity (Wildman–Crippen MR) is 58.2 cm³/mol. The molecule has 1 aromatic heterocycles. The maximum absolute atomic E-state index is 4.17. The fourth-order valence-corrected chi connectivity index (χ4v) is 2.04. The number of nitrogens with zero attached hydrogens (tertiary/aromatic N) is 3. The minimum Gasteiger partial charge on any atom is -0.385 e. The zero-order chi connectivity index (χ0) is 10.1. The summed E-state index contributed by atoms with van der Waals surface area (Å²) in [6.07, 6.45) is 5.59. The lowest BCUT2D eigenvalue weighted by atomic mass is 10.0. The second-order valence-electron chi connectivity index (χ2n) is 3.67. The summed E-state index contributed by atoms with van der Waals surface area (Å²) in [5, 5.41) is 7.58. The first-order valence-corrected chi connectivity index (χ1v) is 5.16. The number of anilines is 1. The molecule has 1 aliphatic rings. The quantitative estimate of drug-likeness (QED) is 0.760. The van der Waals surface area contributed by atoms with Gasteiger partial charge in [-0.05, 0) is 25.0 Å². The van der Waals surface area contributed by atoms with Crippen LogP contribution in [0.5, 0.6) is 0 Å². The van der Waals surface area contributed by atoms with Crippen LogP contribution in [0.25, 0.3) is 5.69 Å². The van der Waals surface area contributed by atoms with Gasteiger partial charge in [-0.1, -0.05) is 6.07 Å². The van der Waals surface area contributed by atoms with Gasteiger partial charge in [-0.25, -0.2) is 9.67 Å². The largest absolute Gasteiger partial charge is 0.385 e. The van der Waals surface area contributed by atoms with Crippen molar-refractivity contribution in [3.63, 3.8) is 0 Å². The molecule has 1 aromatic carbocycles. The Hall–Kier alpha value is -1.84. The fraction of sp³-hybridized carbons (Fsp3) is 0.273. The number of aromatic nitrogens is 3. The lowest BCUT2D eigenvalue weighted by Crippen LogP contribution is -2.14. The Labute approximate surface area is 88.0 Å². The fourth-order valence-electron chi connectivity index (χ4n) is 2.04. The molecule has 0 fully saturated rings. The van der Waals surface area contributed by atoms with Crippen LogP contribution in [0.2, 0.25) is 0 Å². The van der Waals surface area contributed by atoms with Crippen LogP contribution in [0.4, 0.5) is 5.69 Å². The van der Waals surface area contributed by atoms with Gasteiger partial charge in [0.1, 0.15) is 12.7 Å². The molecule has 2 aromatic rings. The van der Waals surface area contributed by atoms with E-state index in [0.717, 1.165) is 18.7 Å². The minimum absolute atomic E-state index is 1.06. The van der Waals surface area contributed by atoms with Gasteiger partial charge in [0, 0.05) is 17.8 Å². The van der Waals surface area contributed by atoms with Crippen LogP contribution in [0.1, 0.15) is 12.0 Å². The molecule has 0 bridgehead atoms. The zero-order valence-corrected chi connectivity index (χ0v) is 8.35. The molecule has 4 nitrogen and oxygen atoms in total. The third-order valence-electron chi connectivity index (χ3n) is 2.74. The zero-order valence-electron chi connectivity index (χ0n) is 8.35. The molecule has 3 rings (SSSR count). The molecule has 0 radical (unpaired) electrons. The van der Waals surface area contributed by atoms with Crippen LogP contribution >= 0.6 is 0 Å². The van der Waals surface area contributed by atoms with Crippen molar-refractivity contribution in [2.45, 2.75) is 12.8 Å². The van der Waals surface area contributed by atoms with E-state index in [0.29, 0.717) is 0 Å². The summed E-state index contributed by atoms with van der Waals surface area (Å²) in [6.45, 7) is 1.06. The van der Waals surface area contributed by atoms with Crippen LogP contribution in [-0.4, -0.2) is 21.3 Å². The maximum atomic E-state index is 4.17. The van der Waals surface area contributed by atoms with Crippen LogP contribution in [0.15, 0.2) is 30.9 Å². The summed E-state index contributed by atoms with van der Waals surface area (Å²) in [6, 6.07) is 6.25. The number of benzene rings is 1. The van der Waals surface area contributed by atoms with Gasteiger partial charge in [0.2, 0.25) is 0 Å².